The lowest BCUT2D eigenvalue weighted by Crippen LogP contribution is -2.53. The Labute approximate surface area is 342 Å². The molecule has 4 saturated carbocycles. The molecule has 55 heavy (non-hydrogen) atoms. The Morgan fingerprint density at radius 2 is 1.20 bits per heavy atom. The number of allylic oxidation sites excluding steroid dienone is 2. The van der Waals surface area contributed by atoms with Gasteiger partial charge in [0.25, 0.3) is 5.97 Å². The fourth-order valence-corrected chi connectivity index (χ4v) is 13.3. The van der Waals surface area contributed by atoms with E-state index in [-0.39, 0.29) is 60.5 Å². The Bertz CT molecular complexity index is 1310. The van der Waals surface area contributed by atoms with Crippen LogP contribution in [0.3, 0.4) is 0 Å². The Kier molecular flexibility index (Phi) is 17.0. The van der Waals surface area contributed by atoms with Gasteiger partial charge in [-0.2, -0.15) is 0 Å². The summed E-state index contributed by atoms with van der Waals surface area (Å²) in [7, 11) is 8.79. The number of aliphatic carboxylic acids is 1. The Hall–Kier alpha value is -1.00. The van der Waals surface area contributed by atoms with E-state index in [0.717, 1.165) is 64.5 Å². The lowest BCUT2D eigenvalue weighted by molar-refractivity contribution is -0.134. The molecule has 0 aromatic heterocycles. The minimum atomic E-state index is -0.833. The van der Waals surface area contributed by atoms with Crippen LogP contribution in [-0.4, -0.2) is 108 Å². The third-order valence-corrected chi connectivity index (χ3v) is 16.5. The van der Waals surface area contributed by atoms with Crippen LogP contribution in [0, 0.1) is 63.1 Å². The molecular formula is C46H83ClN2O6. The van der Waals surface area contributed by atoms with E-state index in [0.29, 0.717) is 34.5 Å². The number of carbonyl (C=O) groups is 1. The van der Waals surface area contributed by atoms with Crippen LogP contribution in [0.15, 0.2) is 23.3 Å². The molecule has 320 valence electrons. The van der Waals surface area contributed by atoms with Crippen LogP contribution >= 0.6 is 12.4 Å². The van der Waals surface area contributed by atoms with E-state index in [1.54, 1.807) is 11.1 Å². The predicted octanol–water partition coefficient (Wildman–Crippen LogP) is 8.07. The first kappa shape index (κ1) is 48.4. The molecule has 0 unspecified atom stereocenters. The summed E-state index contributed by atoms with van der Waals surface area (Å²) in [6.45, 7) is 20.4. The van der Waals surface area contributed by atoms with Crippen molar-refractivity contribution < 1.29 is 30.3 Å². The van der Waals surface area contributed by atoms with Crippen LogP contribution in [0.25, 0.3) is 0 Å². The zero-order valence-corrected chi connectivity index (χ0v) is 37.4. The van der Waals surface area contributed by atoms with Gasteiger partial charge in [-0.15, -0.1) is 12.4 Å². The van der Waals surface area contributed by atoms with Crippen LogP contribution < -0.4 is 0 Å². The van der Waals surface area contributed by atoms with Gasteiger partial charge in [-0.05, 0) is 181 Å². The molecule has 6 aliphatic carbocycles. The van der Waals surface area contributed by atoms with E-state index in [1.165, 1.54) is 56.9 Å². The minimum Gasteiger partial charge on any atom is -0.481 e. The molecule has 4 fully saturated rings. The maximum Gasteiger partial charge on any atom is 0.300 e. The molecule has 0 radical (unpaired) electrons. The van der Waals surface area contributed by atoms with E-state index >= 15 is 0 Å². The molecule has 0 saturated heterocycles. The van der Waals surface area contributed by atoms with Gasteiger partial charge in [0.1, 0.15) is 0 Å². The van der Waals surface area contributed by atoms with E-state index in [9.17, 15) is 20.4 Å². The SMILES string of the molecule is C=C1CC[C@H]2[C@H](CN(C)C)[C@@H]([C@@]3(C)CC[C@H](O)C[C@@H]3CO)CC[C@]12C.CC(=O)O.CN(C)C[C@H]1C2=C(CC[C@@H]1[C@@]1(C)CC[C@H](O)C[C@@H]1CO)C(C)(C)CC2.Cl. The maximum absolute atomic E-state index is 10.1. The van der Waals surface area contributed by atoms with E-state index in [4.69, 9.17) is 9.90 Å². The lowest BCUT2D eigenvalue weighted by atomic mass is 9.49. The largest absolute Gasteiger partial charge is 0.481 e. The summed E-state index contributed by atoms with van der Waals surface area (Å²) in [6.07, 6.45) is 15.0. The van der Waals surface area contributed by atoms with Gasteiger partial charge in [0.2, 0.25) is 0 Å². The van der Waals surface area contributed by atoms with Crippen molar-refractivity contribution in [1.82, 2.24) is 9.80 Å². The topological polar surface area (TPSA) is 125 Å². The molecule has 0 aromatic rings. The Morgan fingerprint density at radius 1 is 0.709 bits per heavy atom. The second-order valence-electron chi connectivity index (χ2n) is 20.8. The smallest absolute Gasteiger partial charge is 0.300 e. The molecule has 8 nitrogen and oxygen atoms in total. The summed E-state index contributed by atoms with van der Waals surface area (Å²) in [5.41, 5.74) is 5.97. The van der Waals surface area contributed by atoms with Crippen molar-refractivity contribution >= 4 is 18.4 Å². The first-order valence-corrected chi connectivity index (χ1v) is 21.6. The second kappa shape index (κ2) is 19.4. The van der Waals surface area contributed by atoms with Crippen LogP contribution in [0.1, 0.15) is 131 Å². The molecule has 12 atom stereocenters. The summed E-state index contributed by atoms with van der Waals surface area (Å²) in [5.74, 6) is 2.93. The van der Waals surface area contributed by atoms with Crippen LogP contribution in [0.2, 0.25) is 0 Å². The molecular weight excluding hydrogens is 712 g/mol. The highest BCUT2D eigenvalue weighted by molar-refractivity contribution is 5.85. The molecule has 0 aliphatic heterocycles. The lowest BCUT2D eigenvalue weighted by Gasteiger charge is -2.57. The van der Waals surface area contributed by atoms with Crippen molar-refractivity contribution in [3.63, 3.8) is 0 Å². The Balaban J connectivity index is 0.000000265. The van der Waals surface area contributed by atoms with Gasteiger partial charge in [0, 0.05) is 33.2 Å². The van der Waals surface area contributed by atoms with Gasteiger partial charge in [0.15, 0.2) is 0 Å². The first-order valence-electron chi connectivity index (χ1n) is 21.6. The molecule has 6 rings (SSSR count). The highest BCUT2D eigenvalue weighted by atomic mass is 35.5. The molecule has 0 aromatic carbocycles. The molecule has 0 heterocycles. The summed E-state index contributed by atoms with van der Waals surface area (Å²) >= 11 is 0. The van der Waals surface area contributed by atoms with Gasteiger partial charge in [0.05, 0.1) is 12.2 Å². The van der Waals surface area contributed by atoms with Gasteiger partial charge < -0.3 is 35.3 Å². The van der Waals surface area contributed by atoms with Crippen LogP contribution in [0.4, 0.5) is 0 Å². The number of halogens is 1. The average molecular weight is 796 g/mol. The van der Waals surface area contributed by atoms with Crippen molar-refractivity contribution in [2.75, 3.05) is 54.5 Å². The predicted molar refractivity (Wildman–Crippen MR) is 227 cm³/mol. The summed E-state index contributed by atoms with van der Waals surface area (Å²) in [5, 5.41) is 47.9. The third-order valence-electron chi connectivity index (χ3n) is 16.5. The van der Waals surface area contributed by atoms with Gasteiger partial charge in [-0.1, -0.05) is 57.9 Å². The number of fused-ring (bicyclic) bond motifs is 1. The highest BCUT2D eigenvalue weighted by Gasteiger charge is 2.57. The quantitative estimate of drug-likeness (QED) is 0.156. The standard InChI is InChI=1S/2C22H39NO2.C2H4O2.ClH/c1-21(2)10-9-17-18(13-23(4)5)20(7-6-19(17)21)22(3)11-8-16(25)12-15(22)14-24;1-15-6-7-19-18(13-23(4)5)20(9-11-21(15,19)2)22(3)10-8-17(25)12-16(22)14-24;1-2(3)4;/h15-16,18,20,24-25H,6-14H2,1-5H3;16-20,24-25H,1,6-14H2,2-5H3;1H3,(H,3,4);1H/t15-,16+,18+,20+,22+;16-,17+,18+,19+,20+,21-,22+;;/m11../s1. The van der Waals surface area contributed by atoms with Crippen molar-refractivity contribution in [3.8, 4) is 0 Å². The molecule has 6 aliphatic rings. The van der Waals surface area contributed by atoms with Gasteiger partial charge >= 0.3 is 0 Å². The minimum absolute atomic E-state index is 0. The van der Waals surface area contributed by atoms with Crippen LogP contribution in [0.5, 0.6) is 0 Å². The second-order valence-corrected chi connectivity index (χ2v) is 20.8. The molecule has 0 bridgehead atoms. The molecule has 0 spiro atoms. The molecule has 0 amide bonds. The number of carboxylic acids is 1. The van der Waals surface area contributed by atoms with Gasteiger partial charge in [-0.25, -0.2) is 0 Å². The van der Waals surface area contributed by atoms with Crippen molar-refractivity contribution in [1.29, 1.82) is 0 Å². The zero-order valence-electron chi connectivity index (χ0n) is 36.6. The van der Waals surface area contributed by atoms with Crippen molar-refractivity contribution in [3.05, 3.63) is 23.3 Å². The maximum atomic E-state index is 10.1. The first-order chi connectivity index (χ1) is 25.1. The monoisotopic (exact) mass is 795 g/mol. The normalized spacial score (nSPS) is 41.0. The number of aliphatic hydroxyl groups is 4. The van der Waals surface area contributed by atoms with Crippen LogP contribution in [-0.2, 0) is 4.79 Å². The van der Waals surface area contributed by atoms with E-state index < -0.39 is 5.97 Å². The number of rotatable bonds is 8. The molecule has 5 N–H and O–H groups in total. The fourth-order valence-electron chi connectivity index (χ4n) is 13.3. The van der Waals surface area contributed by atoms with Crippen molar-refractivity contribution in [2.24, 2.45) is 63.1 Å². The third kappa shape index (κ3) is 10.4. The fraction of sp³-hybridized carbons (Fsp3) is 0.891. The van der Waals surface area contributed by atoms with Gasteiger partial charge in [-0.3, -0.25) is 4.79 Å². The van der Waals surface area contributed by atoms with Crippen molar-refractivity contribution in [2.45, 2.75) is 144 Å². The summed E-state index contributed by atoms with van der Waals surface area (Å²) in [6, 6.07) is 0. The van der Waals surface area contributed by atoms with E-state index in [2.05, 4.69) is 79.2 Å². The van der Waals surface area contributed by atoms with E-state index in [1.807, 2.05) is 0 Å². The number of nitrogens with zero attached hydrogens (tertiary/aromatic N) is 2. The number of carboxylic acid groups (broad SMARTS) is 1. The average Bonchev–Trinajstić information content (AvgIpc) is 3.57. The summed E-state index contributed by atoms with van der Waals surface area (Å²) in [4.78, 5) is 13.7. The number of aliphatic hydroxyl groups excluding tert-OH is 4. The zero-order chi connectivity index (χ0) is 40.4. The Morgan fingerprint density at radius 3 is 1.69 bits per heavy atom. The number of hydrogen-bond acceptors (Lipinski definition) is 7. The molecule has 9 heteroatoms. The highest BCUT2D eigenvalue weighted by Crippen LogP contribution is 2.64. The number of hydrogen-bond donors (Lipinski definition) is 5. The summed E-state index contributed by atoms with van der Waals surface area (Å²) < 4.78 is 0.